The number of ether oxygens (including phenoxy) is 2. The number of halogens is 3. The van der Waals surface area contributed by atoms with Gasteiger partial charge in [-0.3, -0.25) is 4.79 Å². The van der Waals surface area contributed by atoms with Gasteiger partial charge in [0.05, 0.1) is 13.2 Å². The van der Waals surface area contributed by atoms with Gasteiger partial charge in [0.25, 0.3) is 0 Å². The van der Waals surface area contributed by atoms with Crippen molar-refractivity contribution in [2.75, 3.05) is 19.7 Å². The number of alkyl halides is 2. The Bertz CT molecular complexity index is 703. The molecule has 3 N–H and O–H groups in total. The Morgan fingerprint density at radius 1 is 1.26 bits per heavy atom. The first-order valence-electron chi connectivity index (χ1n) is 10.5. The maximum atomic E-state index is 12.8. The number of rotatable bonds is 13. The van der Waals surface area contributed by atoms with E-state index in [1.807, 2.05) is 13.8 Å². The largest absolute Gasteiger partial charge is 0.493 e. The highest BCUT2D eigenvalue weighted by Gasteiger charge is 2.22. The van der Waals surface area contributed by atoms with Crippen LogP contribution in [0.3, 0.4) is 0 Å². The van der Waals surface area contributed by atoms with E-state index in [2.05, 4.69) is 25.7 Å². The van der Waals surface area contributed by atoms with Crippen molar-refractivity contribution in [3.63, 3.8) is 0 Å². The van der Waals surface area contributed by atoms with Gasteiger partial charge in [-0.25, -0.2) is 4.99 Å². The van der Waals surface area contributed by atoms with Crippen molar-refractivity contribution in [2.45, 2.75) is 65.1 Å². The van der Waals surface area contributed by atoms with Gasteiger partial charge >= 0.3 is 6.61 Å². The van der Waals surface area contributed by atoms with Crippen LogP contribution in [0, 0.1) is 0 Å². The van der Waals surface area contributed by atoms with Crippen LogP contribution in [0.4, 0.5) is 8.78 Å². The van der Waals surface area contributed by atoms with Crippen molar-refractivity contribution in [1.82, 2.24) is 16.0 Å². The Balaban J connectivity index is 0.00000480. The van der Waals surface area contributed by atoms with Gasteiger partial charge in [0.2, 0.25) is 5.91 Å². The number of aliphatic imine (C=N–C) groups is 1. The number of guanidine groups is 1. The molecule has 1 aromatic rings. The van der Waals surface area contributed by atoms with Gasteiger partial charge < -0.3 is 25.4 Å². The molecule has 31 heavy (non-hydrogen) atoms. The van der Waals surface area contributed by atoms with Crippen molar-refractivity contribution < 1.29 is 23.0 Å². The quantitative estimate of drug-likeness (QED) is 0.150. The lowest BCUT2D eigenvalue weighted by Crippen LogP contribution is -2.38. The van der Waals surface area contributed by atoms with Crippen molar-refractivity contribution in [2.24, 2.45) is 4.99 Å². The molecule has 1 aromatic carbocycles. The summed E-state index contributed by atoms with van der Waals surface area (Å²) in [6, 6.07) is 5.23. The van der Waals surface area contributed by atoms with E-state index in [-0.39, 0.29) is 42.2 Å². The third kappa shape index (κ3) is 11.4. The van der Waals surface area contributed by atoms with E-state index in [1.54, 1.807) is 12.1 Å². The third-order valence-corrected chi connectivity index (χ3v) is 4.29. The molecule has 0 saturated heterocycles. The van der Waals surface area contributed by atoms with Crippen molar-refractivity contribution in [3.8, 4) is 11.5 Å². The zero-order chi connectivity index (χ0) is 21.8. The standard InChI is InChI=1S/C21H32F2N4O3.HI/c1-3-12-29-17-10-7-15(18(13-17)30-20(22)23)14-26-21(24-4-2)25-11-5-6-19(28)27-16-8-9-16;/h7,10,13,16,20H,3-6,8-9,11-12,14H2,1-2H3,(H,27,28)(H2,24,25,26);1H. The molecule has 2 rings (SSSR count). The van der Waals surface area contributed by atoms with Gasteiger partial charge in [-0.05, 0) is 44.7 Å². The molecule has 1 aliphatic carbocycles. The highest BCUT2D eigenvalue weighted by Crippen LogP contribution is 2.27. The zero-order valence-corrected chi connectivity index (χ0v) is 20.4. The molecule has 0 bridgehead atoms. The molecule has 176 valence electrons. The molecular formula is C21H33F2IN4O3. The number of nitrogens with zero attached hydrogens (tertiary/aromatic N) is 1. The van der Waals surface area contributed by atoms with E-state index in [4.69, 9.17) is 4.74 Å². The smallest absolute Gasteiger partial charge is 0.387 e. The number of carbonyl (C=O) groups is 1. The fourth-order valence-corrected chi connectivity index (χ4v) is 2.67. The molecular weight excluding hydrogens is 521 g/mol. The maximum Gasteiger partial charge on any atom is 0.387 e. The number of nitrogens with one attached hydrogen (secondary N) is 3. The van der Waals surface area contributed by atoms with E-state index >= 15 is 0 Å². The molecule has 0 spiro atoms. The first-order valence-corrected chi connectivity index (χ1v) is 10.5. The fraction of sp³-hybridized carbons (Fsp3) is 0.619. The SMILES string of the molecule is CCCOc1ccc(CN=C(NCC)NCCCC(=O)NC2CC2)c(OC(F)F)c1.I. The number of benzene rings is 1. The highest BCUT2D eigenvalue weighted by molar-refractivity contribution is 14.0. The van der Waals surface area contributed by atoms with Crippen LogP contribution in [0.5, 0.6) is 11.5 Å². The molecule has 1 saturated carbocycles. The third-order valence-electron chi connectivity index (χ3n) is 4.29. The molecule has 10 heteroatoms. The Hall–Kier alpha value is -1.85. The van der Waals surface area contributed by atoms with Crippen LogP contribution in [0.2, 0.25) is 0 Å². The summed E-state index contributed by atoms with van der Waals surface area (Å²) < 4.78 is 35.7. The van der Waals surface area contributed by atoms with Gasteiger partial charge in [-0.1, -0.05) is 6.92 Å². The minimum Gasteiger partial charge on any atom is -0.493 e. The van der Waals surface area contributed by atoms with E-state index < -0.39 is 6.61 Å². The second-order valence-corrected chi connectivity index (χ2v) is 7.06. The number of amides is 1. The predicted octanol–water partition coefficient (Wildman–Crippen LogP) is 3.81. The van der Waals surface area contributed by atoms with E-state index in [0.29, 0.717) is 55.9 Å². The molecule has 0 aromatic heterocycles. The average molecular weight is 554 g/mol. The van der Waals surface area contributed by atoms with Crippen molar-refractivity contribution >= 4 is 35.8 Å². The molecule has 0 aliphatic heterocycles. The lowest BCUT2D eigenvalue weighted by atomic mass is 10.2. The van der Waals surface area contributed by atoms with Crippen LogP contribution in [-0.2, 0) is 11.3 Å². The fourth-order valence-electron chi connectivity index (χ4n) is 2.67. The molecule has 0 unspecified atom stereocenters. The summed E-state index contributed by atoms with van der Waals surface area (Å²) in [6.45, 7) is 2.86. The maximum absolute atomic E-state index is 12.8. The van der Waals surface area contributed by atoms with E-state index in [1.165, 1.54) is 6.07 Å². The molecule has 0 atom stereocenters. The second-order valence-electron chi connectivity index (χ2n) is 7.06. The summed E-state index contributed by atoms with van der Waals surface area (Å²) in [5, 5.41) is 9.22. The summed E-state index contributed by atoms with van der Waals surface area (Å²) in [5.41, 5.74) is 0.528. The molecule has 0 heterocycles. The molecule has 1 aliphatic rings. The van der Waals surface area contributed by atoms with Gasteiger partial charge in [-0.15, -0.1) is 24.0 Å². The average Bonchev–Trinajstić information content (AvgIpc) is 3.52. The summed E-state index contributed by atoms with van der Waals surface area (Å²) >= 11 is 0. The zero-order valence-electron chi connectivity index (χ0n) is 18.1. The predicted molar refractivity (Wildman–Crippen MR) is 127 cm³/mol. The van der Waals surface area contributed by atoms with Crippen LogP contribution in [0.25, 0.3) is 0 Å². The monoisotopic (exact) mass is 554 g/mol. The summed E-state index contributed by atoms with van der Waals surface area (Å²) in [5.74, 6) is 1.15. The lowest BCUT2D eigenvalue weighted by Gasteiger charge is -2.14. The number of hydrogen-bond donors (Lipinski definition) is 3. The van der Waals surface area contributed by atoms with Gasteiger partial charge in [0.1, 0.15) is 11.5 Å². The Morgan fingerprint density at radius 3 is 2.68 bits per heavy atom. The van der Waals surface area contributed by atoms with Crippen molar-refractivity contribution in [1.29, 1.82) is 0 Å². The molecule has 1 fully saturated rings. The second kappa shape index (κ2) is 15.0. The lowest BCUT2D eigenvalue weighted by molar-refractivity contribution is -0.121. The molecule has 0 radical (unpaired) electrons. The Morgan fingerprint density at radius 2 is 2.03 bits per heavy atom. The number of hydrogen-bond acceptors (Lipinski definition) is 4. The summed E-state index contributed by atoms with van der Waals surface area (Å²) in [4.78, 5) is 16.2. The normalized spacial score (nSPS) is 13.4. The summed E-state index contributed by atoms with van der Waals surface area (Å²) in [6.07, 6.45) is 4.09. The van der Waals surface area contributed by atoms with Crippen LogP contribution in [0.1, 0.15) is 51.5 Å². The first kappa shape index (κ1) is 27.2. The van der Waals surface area contributed by atoms with Crippen LogP contribution >= 0.6 is 24.0 Å². The minimum absolute atomic E-state index is 0. The van der Waals surface area contributed by atoms with Gasteiger partial charge in [0.15, 0.2) is 5.96 Å². The Kier molecular flexibility index (Phi) is 13.2. The van der Waals surface area contributed by atoms with Crippen LogP contribution < -0.4 is 25.4 Å². The molecule has 7 nitrogen and oxygen atoms in total. The van der Waals surface area contributed by atoms with Crippen LogP contribution in [0.15, 0.2) is 23.2 Å². The minimum atomic E-state index is -2.93. The van der Waals surface area contributed by atoms with E-state index in [0.717, 1.165) is 19.3 Å². The number of carbonyl (C=O) groups excluding carboxylic acids is 1. The van der Waals surface area contributed by atoms with Crippen LogP contribution in [-0.4, -0.2) is 44.2 Å². The van der Waals surface area contributed by atoms with E-state index in [9.17, 15) is 13.6 Å². The highest BCUT2D eigenvalue weighted by atomic mass is 127. The van der Waals surface area contributed by atoms with Gasteiger partial charge in [-0.2, -0.15) is 8.78 Å². The summed E-state index contributed by atoms with van der Waals surface area (Å²) in [7, 11) is 0. The Labute approximate surface area is 199 Å². The topological polar surface area (TPSA) is 84.0 Å². The van der Waals surface area contributed by atoms with Gasteiger partial charge in [0, 0.05) is 37.2 Å². The molecule has 1 amide bonds. The first-order chi connectivity index (χ1) is 14.5. The van der Waals surface area contributed by atoms with Crippen molar-refractivity contribution in [3.05, 3.63) is 23.8 Å².